The first-order valence-electron chi connectivity index (χ1n) is 7.34. The van der Waals surface area contributed by atoms with E-state index in [9.17, 15) is 9.59 Å². The Morgan fingerprint density at radius 2 is 1.79 bits per heavy atom. The average Bonchev–Trinajstić information content (AvgIpc) is 2.64. The van der Waals surface area contributed by atoms with Crippen molar-refractivity contribution in [2.45, 2.75) is 6.54 Å². The summed E-state index contributed by atoms with van der Waals surface area (Å²) in [6, 6.07) is 15.9. The number of hydrogen-bond donors (Lipinski definition) is 0. The van der Waals surface area contributed by atoms with Crippen LogP contribution in [-0.4, -0.2) is 27.7 Å². The number of aromatic nitrogens is 3. The molecule has 120 valence electrons. The molecule has 0 aliphatic carbocycles. The summed E-state index contributed by atoms with van der Waals surface area (Å²) in [6.45, 7) is -0.140. The van der Waals surface area contributed by atoms with Crippen molar-refractivity contribution in [3.8, 4) is 17.0 Å². The van der Waals surface area contributed by atoms with Crippen molar-refractivity contribution in [1.29, 1.82) is 0 Å². The summed E-state index contributed by atoms with van der Waals surface area (Å²) >= 11 is 0. The molecular formula is C18H15N3O3. The Bertz CT molecular complexity index is 903. The third kappa shape index (κ3) is 3.38. The number of ether oxygens (including phenoxy) is 1. The number of benzene rings is 2. The van der Waals surface area contributed by atoms with Crippen molar-refractivity contribution in [3.05, 3.63) is 76.8 Å². The van der Waals surface area contributed by atoms with Gasteiger partial charge in [0.15, 0.2) is 5.78 Å². The smallest absolute Gasteiger partial charge is 0.364 e. The Morgan fingerprint density at radius 3 is 2.42 bits per heavy atom. The number of carbonyl (C=O) groups excluding carboxylic acids is 1. The summed E-state index contributed by atoms with van der Waals surface area (Å²) in [6.07, 6.45) is 1.47. The van der Waals surface area contributed by atoms with E-state index < -0.39 is 5.69 Å². The minimum absolute atomic E-state index is 0.140. The minimum atomic E-state index is -0.562. The first-order chi connectivity index (χ1) is 11.7. The van der Waals surface area contributed by atoms with Gasteiger partial charge in [-0.3, -0.25) is 4.79 Å². The maximum absolute atomic E-state index is 12.2. The monoisotopic (exact) mass is 321 g/mol. The molecule has 0 saturated carbocycles. The molecule has 0 bridgehead atoms. The number of hydrogen-bond acceptors (Lipinski definition) is 5. The maximum atomic E-state index is 12.2. The van der Waals surface area contributed by atoms with Gasteiger partial charge in [0.2, 0.25) is 0 Å². The predicted octanol–water partition coefficient (Wildman–Crippen LogP) is 2.20. The first kappa shape index (κ1) is 15.6. The first-order valence-corrected chi connectivity index (χ1v) is 7.34. The van der Waals surface area contributed by atoms with Crippen LogP contribution in [0.4, 0.5) is 0 Å². The zero-order valence-corrected chi connectivity index (χ0v) is 13.0. The van der Waals surface area contributed by atoms with Crippen molar-refractivity contribution in [2.24, 2.45) is 0 Å². The largest absolute Gasteiger partial charge is 0.497 e. The second-order valence-corrected chi connectivity index (χ2v) is 5.10. The average molecular weight is 321 g/mol. The lowest BCUT2D eigenvalue weighted by Gasteiger charge is -2.06. The van der Waals surface area contributed by atoms with Crippen LogP contribution in [0.5, 0.6) is 5.75 Å². The fourth-order valence-corrected chi connectivity index (χ4v) is 2.22. The van der Waals surface area contributed by atoms with Gasteiger partial charge >= 0.3 is 5.69 Å². The third-order valence-corrected chi connectivity index (χ3v) is 3.53. The number of ketones is 1. The van der Waals surface area contributed by atoms with Crippen molar-refractivity contribution in [3.63, 3.8) is 0 Å². The quantitative estimate of drug-likeness (QED) is 0.674. The van der Waals surface area contributed by atoms with Crippen LogP contribution in [-0.2, 0) is 6.54 Å². The molecular weight excluding hydrogens is 306 g/mol. The van der Waals surface area contributed by atoms with Gasteiger partial charge in [-0.2, -0.15) is 10.1 Å². The second-order valence-electron chi connectivity index (χ2n) is 5.10. The molecule has 2 aromatic carbocycles. The Balaban J connectivity index is 1.82. The van der Waals surface area contributed by atoms with Gasteiger partial charge in [-0.15, -0.1) is 0 Å². The number of rotatable bonds is 5. The van der Waals surface area contributed by atoms with Crippen LogP contribution in [0.2, 0.25) is 0 Å². The highest BCUT2D eigenvalue weighted by molar-refractivity contribution is 5.95. The number of methoxy groups -OCH3 is 1. The molecule has 3 aromatic rings. The van der Waals surface area contributed by atoms with Crippen LogP contribution in [0.15, 0.2) is 65.6 Å². The molecule has 0 amide bonds. The van der Waals surface area contributed by atoms with Crippen molar-refractivity contribution in [2.75, 3.05) is 7.11 Å². The lowest BCUT2D eigenvalue weighted by Crippen LogP contribution is -2.29. The Kier molecular flexibility index (Phi) is 4.47. The lowest BCUT2D eigenvalue weighted by atomic mass is 10.1. The van der Waals surface area contributed by atoms with E-state index in [1.165, 1.54) is 6.20 Å². The summed E-state index contributed by atoms with van der Waals surface area (Å²) < 4.78 is 6.15. The fraction of sp³-hybridized carbons (Fsp3) is 0.111. The molecule has 1 heterocycles. The molecule has 0 N–H and O–H groups in total. The van der Waals surface area contributed by atoms with Crippen LogP contribution >= 0.6 is 0 Å². The van der Waals surface area contributed by atoms with Crippen LogP contribution in [0, 0.1) is 0 Å². The van der Waals surface area contributed by atoms with Gasteiger partial charge < -0.3 is 4.74 Å². The van der Waals surface area contributed by atoms with E-state index >= 15 is 0 Å². The molecule has 0 aliphatic rings. The van der Waals surface area contributed by atoms with E-state index in [4.69, 9.17) is 4.74 Å². The van der Waals surface area contributed by atoms with Gasteiger partial charge in [0, 0.05) is 11.1 Å². The Labute approximate surface area is 138 Å². The molecule has 24 heavy (non-hydrogen) atoms. The summed E-state index contributed by atoms with van der Waals surface area (Å²) in [5, 5.41) is 4.05. The fourth-order valence-electron chi connectivity index (χ4n) is 2.22. The molecule has 0 atom stereocenters. The molecule has 6 nitrogen and oxygen atoms in total. The number of nitrogens with zero attached hydrogens (tertiary/aromatic N) is 3. The van der Waals surface area contributed by atoms with Gasteiger partial charge in [0.25, 0.3) is 0 Å². The summed E-state index contributed by atoms with van der Waals surface area (Å²) in [5.74, 6) is 0.526. The van der Waals surface area contributed by atoms with Gasteiger partial charge in [0.1, 0.15) is 12.3 Å². The lowest BCUT2D eigenvalue weighted by molar-refractivity contribution is 0.0965. The van der Waals surface area contributed by atoms with E-state index in [2.05, 4.69) is 10.1 Å². The number of Topliss-reactive ketones (excluding diaryl/α,β-unsaturated/α-hetero) is 1. The molecule has 0 radical (unpaired) electrons. The van der Waals surface area contributed by atoms with Gasteiger partial charge in [-0.25, -0.2) is 9.48 Å². The van der Waals surface area contributed by atoms with Crippen molar-refractivity contribution >= 4 is 5.78 Å². The molecule has 6 heteroatoms. The van der Waals surface area contributed by atoms with Crippen LogP contribution in [0.3, 0.4) is 0 Å². The van der Waals surface area contributed by atoms with E-state index in [1.807, 2.05) is 6.07 Å². The highest BCUT2D eigenvalue weighted by Gasteiger charge is 2.10. The van der Waals surface area contributed by atoms with Crippen LogP contribution < -0.4 is 10.4 Å². The van der Waals surface area contributed by atoms with E-state index in [-0.39, 0.29) is 12.3 Å². The van der Waals surface area contributed by atoms with E-state index in [0.29, 0.717) is 17.0 Å². The van der Waals surface area contributed by atoms with E-state index in [0.717, 1.165) is 10.2 Å². The van der Waals surface area contributed by atoms with Gasteiger partial charge in [-0.1, -0.05) is 30.3 Å². The minimum Gasteiger partial charge on any atom is -0.497 e. The van der Waals surface area contributed by atoms with Crippen molar-refractivity contribution in [1.82, 2.24) is 14.8 Å². The summed E-state index contributed by atoms with van der Waals surface area (Å²) in [5.41, 5.74) is 1.17. The zero-order valence-electron chi connectivity index (χ0n) is 13.0. The standard InChI is InChI=1S/C18H15N3O3/c1-24-15-9-7-13(8-10-15)16-11-19-21(18(23)20-16)12-17(22)14-5-3-2-4-6-14/h2-11H,12H2,1H3. The maximum Gasteiger partial charge on any atom is 0.364 e. The van der Waals surface area contributed by atoms with Gasteiger partial charge in [-0.05, 0) is 24.3 Å². The molecule has 0 fully saturated rings. The normalized spacial score (nSPS) is 10.4. The number of carbonyl (C=O) groups is 1. The molecule has 3 rings (SSSR count). The zero-order chi connectivity index (χ0) is 16.9. The predicted molar refractivity (Wildman–Crippen MR) is 89.1 cm³/mol. The topological polar surface area (TPSA) is 74.1 Å². The second kappa shape index (κ2) is 6.87. The van der Waals surface area contributed by atoms with E-state index in [1.54, 1.807) is 55.6 Å². The van der Waals surface area contributed by atoms with Crippen LogP contribution in [0.1, 0.15) is 10.4 Å². The molecule has 0 aliphatic heterocycles. The molecule has 0 spiro atoms. The summed E-state index contributed by atoms with van der Waals surface area (Å²) in [7, 11) is 1.58. The molecule has 0 saturated heterocycles. The highest BCUT2D eigenvalue weighted by Crippen LogP contribution is 2.18. The van der Waals surface area contributed by atoms with Gasteiger partial charge in [0.05, 0.1) is 19.0 Å². The SMILES string of the molecule is COc1ccc(-c2cnn(CC(=O)c3ccccc3)c(=O)n2)cc1. The third-order valence-electron chi connectivity index (χ3n) is 3.53. The van der Waals surface area contributed by atoms with Crippen LogP contribution in [0.25, 0.3) is 11.3 Å². The highest BCUT2D eigenvalue weighted by atomic mass is 16.5. The van der Waals surface area contributed by atoms with Crippen molar-refractivity contribution < 1.29 is 9.53 Å². The molecule has 0 unspecified atom stereocenters. The Morgan fingerprint density at radius 1 is 1.08 bits per heavy atom. The Hall–Kier alpha value is -3.28. The summed E-state index contributed by atoms with van der Waals surface area (Å²) in [4.78, 5) is 28.3. The molecule has 1 aromatic heterocycles.